The first-order chi connectivity index (χ1) is 17.6. The number of amides is 1. The number of hydrogen-bond acceptors (Lipinski definition) is 7. The van der Waals surface area contributed by atoms with Gasteiger partial charge in [-0.15, -0.1) is 0 Å². The van der Waals surface area contributed by atoms with Crippen LogP contribution in [0.5, 0.6) is 0 Å². The van der Waals surface area contributed by atoms with Gasteiger partial charge in [0.2, 0.25) is 0 Å². The average molecular weight is 487 g/mol. The molecular formula is C28H26N2O6. The van der Waals surface area contributed by atoms with E-state index in [1.165, 1.54) is 6.21 Å². The normalized spacial score (nSPS) is 16.4. The summed E-state index contributed by atoms with van der Waals surface area (Å²) in [5.74, 6) is -1.93. The topological polar surface area (TPSA) is 94.5 Å². The van der Waals surface area contributed by atoms with Crippen LogP contribution in [0.3, 0.4) is 0 Å². The molecule has 0 saturated carbocycles. The highest BCUT2D eigenvalue weighted by Gasteiger charge is 2.43. The second-order valence-electron chi connectivity index (χ2n) is 8.20. The van der Waals surface area contributed by atoms with Crippen LogP contribution in [0.15, 0.2) is 96.1 Å². The van der Waals surface area contributed by atoms with Gasteiger partial charge in [-0.05, 0) is 16.7 Å². The van der Waals surface area contributed by atoms with Crippen LogP contribution < -0.4 is 0 Å². The molecule has 0 fully saturated rings. The highest BCUT2D eigenvalue weighted by Crippen LogP contribution is 2.25. The molecule has 0 spiro atoms. The molecule has 1 aliphatic heterocycles. The van der Waals surface area contributed by atoms with E-state index in [2.05, 4.69) is 5.10 Å². The summed E-state index contributed by atoms with van der Waals surface area (Å²) in [6.07, 6.45) is 0.434. The van der Waals surface area contributed by atoms with Crippen molar-refractivity contribution in [3.8, 4) is 0 Å². The van der Waals surface area contributed by atoms with E-state index < -0.39 is 30.0 Å². The van der Waals surface area contributed by atoms with E-state index >= 15 is 0 Å². The fourth-order valence-corrected chi connectivity index (χ4v) is 3.68. The van der Waals surface area contributed by atoms with Gasteiger partial charge in [-0.2, -0.15) is 10.1 Å². The number of ether oxygens (including phenoxy) is 3. The second kappa shape index (κ2) is 12.3. The van der Waals surface area contributed by atoms with Gasteiger partial charge in [0.1, 0.15) is 19.8 Å². The summed E-state index contributed by atoms with van der Waals surface area (Å²) in [5, 5.41) is 5.02. The molecule has 0 N–H and O–H groups in total. The molecule has 0 aliphatic carbocycles. The lowest BCUT2D eigenvalue weighted by Gasteiger charge is -2.24. The van der Waals surface area contributed by atoms with E-state index in [0.717, 1.165) is 21.7 Å². The molecule has 36 heavy (non-hydrogen) atoms. The molecule has 2 atom stereocenters. The van der Waals surface area contributed by atoms with Crippen molar-refractivity contribution >= 4 is 24.2 Å². The third kappa shape index (κ3) is 6.79. The molecule has 1 heterocycles. The Morgan fingerprint density at radius 1 is 0.667 bits per heavy atom. The number of hydrazone groups is 1. The van der Waals surface area contributed by atoms with Crippen molar-refractivity contribution in [2.24, 2.45) is 11.0 Å². The van der Waals surface area contributed by atoms with Gasteiger partial charge in [-0.1, -0.05) is 91.0 Å². The molecule has 8 nitrogen and oxygen atoms in total. The molecule has 0 radical (unpaired) electrons. The molecule has 0 bridgehead atoms. The van der Waals surface area contributed by atoms with Crippen molar-refractivity contribution in [2.45, 2.75) is 32.3 Å². The number of rotatable bonds is 9. The standard InChI is InChI=1S/C28H26N2O6/c31-25(34-18-21-10-4-1-5-11-21)16-24-17-29-30(28(33)36-20-23-14-8-3-9-15-23)26(24)27(32)35-19-22-12-6-2-7-13-22/h1-15,17,24,26H,16,18-20H2/t24-,26-/m0/s1. The van der Waals surface area contributed by atoms with Crippen LogP contribution in [-0.4, -0.2) is 35.3 Å². The fraction of sp³-hybridized carbons (Fsp3) is 0.214. The minimum Gasteiger partial charge on any atom is -0.461 e. The predicted octanol–water partition coefficient (Wildman–Crippen LogP) is 4.49. The van der Waals surface area contributed by atoms with Crippen molar-refractivity contribution in [3.05, 3.63) is 108 Å². The monoisotopic (exact) mass is 486 g/mol. The maximum atomic E-state index is 13.1. The average Bonchev–Trinajstić information content (AvgIpc) is 3.34. The van der Waals surface area contributed by atoms with Crippen LogP contribution >= 0.6 is 0 Å². The Morgan fingerprint density at radius 2 is 1.14 bits per heavy atom. The number of hydrogen-bond donors (Lipinski definition) is 0. The van der Waals surface area contributed by atoms with Crippen LogP contribution in [-0.2, 0) is 43.6 Å². The third-order valence-electron chi connectivity index (χ3n) is 5.55. The van der Waals surface area contributed by atoms with Gasteiger partial charge in [0.25, 0.3) is 0 Å². The summed E-state index contributed by atoms with van der Waals surface area (Å²) < 4.78 is 16.2. The van der Waals surface area contributed by atoms with Crippen LogP contribution in [0.1, 0.15) is 23.1 Å². The zero-order valence-corrected chi connectivity index (χ0v) is 19.6. The predicted molar refractivity (Wildman–Crippen MR) is 131 cm³/mol. The zero-order chi connectivity index (χ0) is 25.2. The van der Waals surface area contributed by atoms with Gasteiger partial charge >= 0.3 is 18.0 Å². The minimum atomic E-state index is -1.15. The number of carbonyl (C=O) groups excluding carboxylic acids is 3. The van der Waals surface area contributed by atoms with E-state index in [9.17, 15) is 14.4 Å². The molecule has 0 unspecified atom stereocenters. The summed E-state index contributed by atoms with van der Waals surface area (Å²) in [6.45, 7) is 0.144. The Morgan fingerprint density at radius 3 is 1.67 bits per heavy atom. The van der Waals surface area contributed by atoms with Gasteiger partial charge in [-0.3, -0.25) is 4.79 Å². The van der Waals surface area contributed by atoms with E-state index in [-0.39, 0.29) is 26.2 Å². The second-order valence-corrected chi connectivity index (χ2v) is 8.20. The summed E-state index contributed by atoms with van der Waals surface area (Å²) in [7, 11) is 0. The maximum Gasteiger partial charge on any atom is 0.431 e. The van der Waals surface area contributed by atoms with E-state index in [1.807, 2.05) is 91.0 Å². The van der Waals surface area contributed by atoms with Crippen LogP contribution in [0.25, 0.3) is 0 Å². The fourth-order valence-electron chi connectivity index (χ4n) is 3.68. The number of esters is 2. The van der Waals surface area contributed by atoms with Crippen LogP contribution in [0.4, 0.5) is 4.79 Å². The van der Waals surface area contributed by atoms with Crippen LogP contribution in [0, 0.1) is 5.92 Å². The summed E-state index contributed by atoms with van der Waals surface area (Å²) in [5.41, 5.74) is 2.43. The van der Waals surface area contributed by atoms with Crippen molar-refractivity contribution in [2.75, 3.05) is 0 Å². The Labute approximate surface area is 209 Å². The van der Waals surface area contributed by atoms with Crippen molar-refractivity contribution in [3.63, 3.8) is 0 Å². The van der Waals surface area contributed by atoms with Gasteiger partial charge in [-0.25, -0.2) is 9.59 Å². The molecule has 1 amide bonds. The van der Waals surface area contributed by atoms with Crippen molar-refractivity contribution in [1.82, 2.24) is 5.01 Å². The number of carbonyl (C=O) groups is 3. The largest absolute Gasteiger partial charge is 0.461 e. The molecular weight excluding hydrogens is 460 g/mol. The summed E-state index contributed by atoms with van der Waals surface area (Å²) in [6, 6.07) is 26.4. The quantitative estimate of drug-likeness (QED) is 0.327. The first-order valence-corrected chi connectivity index (χ1v) is 11.5. The Balaban J connectivity index is 1.41. The summed E-state index contributed by atoms with van der Waals surface area (Å²) in [4.78, 5) is 38.4. The molecule has 1 aliphatic rings. The van der Waals surface area contributed by atoms with E-state index in [4.69, 9.17) is 14.2 Å². The number of nitrogens with zero attached hydrogens (tertiary/aromatic N) is 2. The molecule has 3 aromatic carbocycles. The molecule has 0 saturated heterocycles. The minimum absolute atomic E-state index is 0.0151. The van der Waals surface area contributed by atoms with Gasteiger partial charge in [0.15, 0.2) is 6.04 Å². The molecule has 0 aromatic heterocycles. The van der Waals surface area contributed by atoms with E-state index in [1.54, 1.807) is 0 Å². The lowest BCUT2D eigenvalue weighted by Crippen LogP contribution is -2.44. The molecule has 4 rings (SSSR count). The maximum absolute atomic E-state index is 13.1. The first kappa shape index (κ1) is 24.7. The first-order valence-electron chi connectivity index (χ1n) is 11.5. The highest BCUT2D eigenvalue weighted by molar-refractivity contribution is 5.90. The lowest BCUT2D eigenvalue weighted by atomic mass is 9.98. The molecule has 3 aromatic rings. The van der Waals surface area contributed by atoms with Gasteiger partial charge in [0, 0.05) is 12.1 Å². The van der Waals surface area contributed by atoms with Crippen LogP contribution in [0.2, 0.25) is 0 Å². The van der Waals surface area contributed by atoms with Crippen molar-refractivity contribution in [1.29, 1.82) is 0 Å². The highest BCUT2D eigenvalue weighted by atomic mass is 16.6. The Bertz CT molecular complexity index is 1180. The number of benzene rings is 3. The van der Waals surface area contributed by atoms with Gasteiger partial charge < -0.3 is 14.2 Å². The molecule has 8 heteroatoms. The van der Waals surface area contributed by atoms with E-state index in [0.29, 0.717) is 0 Å². The smallest absolute Gasteiger partial charge is 0.431 e. The SMILES string of the molecule is O=C(C[C@H]1C=NN(C(=O)OCc2ccccc2)[C@@H]1C(=O)OCc1ccccc1)OCc1ccccc1. The summed E-state index contributed by atoms with van der Waals surface area (Å²) >= 11 is 0. The lowest BCUT2D eigenvalue weighted by molar-refractivity contribution is -0.153. The third-order valence-corrected chi connectivity index (χ3v) is 5.55. The van der Waals surface area contributed by atoms with Crippen molar-refractivity contribution < 1.29 is 28.6 Å². The van der Waals surface area contributed by atoms with Gasteiger partial charge in [0.05, 0.1) is 6.42 Å². The Kier molecular flexibility index (Phi) is 8.43. The molecule has 184 valence electrons. The zero-order valence-electron chi connectivity index (χ0n) is 19.6. The Hall–Kier alpha value is -4.46.